The number of unbranched alkanes of at least 4 members (excludes halogenated alkanes) is 27. The molecule has 0 heterocycles. The van der Waals surface area contributed by atoms with Gasteiger partial charge >= 0.3 is 39.5 Å². The third kappa shape index (κ3) is 75.4. The smallest absolute Gasteiger partial charge is 0.462 e. The van der Waals surface area contributed by atoms with Crippen LogP contribution in [0.5, 0.6) is 0 Å². The lowest BCUT2D eigenvalue weighted by molar-refractivity contribution is -0.161. The average molecular weight is 1500 g/mol. The minimum atomic E-state index is -5.00. The molecular weight excluding hydrogens is 1350 g/mol. The number of carbonyl (C=O) groups is 4. The van der Waals surface area contributed by atoms with Crippen molar-refractivity contribution in [2.45, 2.75) is 341 Å². The summed E-state index contributed by atoms with van der Waals surface area (Å²) in [4.78, 5) is 73.0. The van der Waals surface area contributed by atoms with Crippen LogP contribution in [0.1, 0.15) is 323 Å². The molecule has 0 aliphatic carbocycles. The summed E-state index contributed by atoms with van der Waals surface area (Å²) in [6.45, 7) is 4.60. The predicted molar refractivity (Wildman–Crippen MR) is 427 cm³/mol. The number of rotatable bonds is 75. The van der Waals surface area contributed by atoms with Crippen molar-refractivity contribution >= 4 is 39.5 Å². The second-order valence-electron chi connectivity index (χ2n) is 26.6. The Hall–Kier alpha value is -4.80. The molecule has 104 heavy (non-hydrogen) atoms. The fourth-order valence-electron chi connectivity index (χ4n) is 10.4. The van der Waals surface area contributed by atoms with Gasteiger partial charge in [0.15, 0.2) is 12.2 Å². The van der Waals surface area contributed by atoms with E-state index in [1.54, 1.807) is 0 Å². The van der Waals surface area contributed by atoms with Gasteiger partial charge in [-0.3, -0.25) is 37.3 Å². The zero-order chi connectivity index (χ0) is 76.0. The molecule has 0 aliphatic heterocycles. The maximum Gasteiger partial charge on any atom is 0.472 e. The monoisotopic (exact) mass is 1500 g/mol. The first-order valence-corrected chi connectivity index (χ1v) is 43.4. The maximum absolute atomic E-state index is 13.1. The van der Waals surface area contributed by atoms with Gasteiger partial charge in [0.25, 0.3) is 0 Å². The van der Waals surface area contributed by atoms with Gasteiger partial charge < -0.3 is 33.8 Å². The normalized spacial score (nSPS) is 14.6. The van der Waals surface area contributed by atoms with Crippen molar-refractivity contribution in [3.05, 3.63) is 134 Å². The van der Waals surface area contributed by atoms with Crippen LogP contribution in [0.3, 0.4) is 0 Å². The summed E-state index contributed by atoms with van der Waals surface area (Å²) in [6.07, 6.45) is 85.8. The molecule has 0 fully saturated rings. The summed E-state index contributed by atoms with van der Waals surface area (Å²) in [5, 5.41) is 10.6. The zero-order valence-corrected chi connectivity index (χ0v) is 66.9. The van der Waals surface area contributed by atoms with Gasteiger partial charge in [0.05, 0.1) is 26.4 Å². The Balaban J connectivity index is 5.45. The molecule has 0 aliphatic rings. The Morgan fingerprint density at radius 1 is 0.279 bits per heavy atom. The summed E-state index contributed by atoms with van der Waals surface area (Å²) < 4.78 is 68.5. The van der Waals surface area contributed by atoms with Crippen LogP contribution in [0.15, 0.2) is 134 Å². The number of hydrogen-bond acceptors (Lipinski definition) is 15. The minimum Gasteiger partial charge on any atom is -0.462 e. The van der Waals surface area contributed by atoms with Crippen LogP contribution in [0.2, 0.25) is 0 Å². The largest absolute Gasteiger partial charge is 0.472 e. The molecule has 0 radical (unpaired) electrons. The van der Waals surface area contributed by atoms with E-state index >= 15 is 0 Å². The van der Waals surface area contributed by atoms with Gasteiger partial charge in [-0.1, -0.05) is 277 Å². The molecule has 0 spiro atoms. The first-order valence-electron chi connectivity index (χ1n) is 40.4. The van der Waals surface area contributed by atoms with E-state index in [-0.39, 0.29) is 25.7 Å². The maximum atomic E-state index is 13.1. The Morgan fingerprint density at radius 3 is 0.856 bits per heavy atom. The fourth-order valence-corrected chi connectivity index (χ4v) is 12.0. The second-order valence-corrected chi connectivity index (χ2v) is 29.5. The van der Waals surface area contributed by atoms with E-state index in [1.807, 2.05) is 18.2 Å². The van der Waals surface area contributed by atoms with Crippen LogP contribution >= 0.6 is 15.6 Å². The van der Waals surface area contributed by atoms with Crippen molar-refractivity contribution < 1.29 is 80.2 Å². The summed E-state index contributed by atoms with van der Waals surface area (Å²) in [6, 6.07) is 0. The summed E-state index contributed by atoms with van der Waals surface area (Å²) >= 11 is 0. The molecule has 5 unspecified atom stereocenters. The van der Waals surface area contributed by atoms with E-state index in [9.17, 15) is 43.2 Å². The molecule has 5 atom stereocenters. The molecule has 596 valence electrons. The number of aliphatic hydroxyl groups excluding tert-OH is 1. The van der Waals surface area contributed by atoms with E-state index in [2.05, 4.69) is 143 Å². The first kappa shape index (κ1) is 99.2. The lowest BCUT2D eigenvalue weighted by Gasteiger charge is -2.21. The van der Waals surface area contributed by atoms with Crippen molar-refractivity contribution in [2.75, 3.05) is 39.6 Å². The van der Waals surface area contributed by atoms with Crippen LogP contribution in [0.25, 0.3) is 0 Å². The lowest BCUT2D eigenvalue weighted by atomic mass is 10.1. The Bertz CT molecular complexity index is 2490. The fraction of sp³-hybridized carbons (Fsp3) is 0.694. The Labute approximate surface area is 631 Å². The van der Waals surface area contributed by atoms with E-state index in [1.165, 1.54) is 70.6 Å². The Morgan fingerprint density at radius 2 is 0.519 bits per heavy atom. The molecular formula is C85H144O17P2. The van der Waals surface area contributed by atoms with Crippen LogP contribution in [-0.4, -0.2) is 96.7 Å². The SMILES string of the molecule is CC/C=C\C/C=C\C/C=C\C/C=C\C/C=C\C/C=C\CCC(=O)OCC(COP(=O)(O)OCC(O)COP(=O)(O)OCC(COC(=O)CCCCCCC/C=C\CCCCCC)OC(=O)CCCCCCC/C=C\CCCCCC)OC(=O)CCCCCCCC/C=C\C/C=C\C/C=C\CCCCC. The molecule has 0 aromatic carbocycles. The van der Waals surface area contributed by atoms with E-state index < -0.39 is 97.5 Å². The number of carbonyl (C=O) groups excluding carboxylic acids is 4. The van der Waals surface area contributed by atoms with Crippen molar-refractivity contribution in [1.82, 2.24) is 0 Å². The van der Waals surface area contributed by atoms with Crippen molar-refractivity contribution in [2.24, 2.45) is 0 Å². The first-order chi connectivity index (χ1) is 50.7. The minimum absolute atomic E-state index is 0.0299. The van der Waals surface area contributed by atoms with Crippen LogP contribution in [-0.2, 0) is 65.4 Å². The van der Waals surface area contributed by atoms with Crippen LogP contribution < -0.4 is 0 Å². The molecule has 17 nitrogen and oxygen atoms in total. The molecule has 3 N–H and O–H groups in total. The number of esters is 4. The average Bonchev–Trinajstić information content (AvgIpc) is 0.906. The second kappa shape index (κ2) is 76.4. The quantitative estimate of drug-likeness (QED) is 0.0169. The van der Waals surface area contributed by atoms with E-state index in [0.717, 1.165) is 167 Å². The third-order valence-electron chi connectivity index (χ3n) is 16.6. The molecule has 0 amide bonds. The van der Waals surface area contributed by atoms with Gasteiger partial charge in [0, 0.05) is 25.7 Å². The summed E-state index contributed by atoms with van der Waals surface area (Å²) in [5.74, 6) is -2.30. The molecule has 0 saturated heterocycles. The topological polar surface area (TPSA) is 237 Å². The van der Waals surface area contributed by atoms with Gasteiger partial charge in [-0.2, -0.15) is 0 Å². The highest BCUT2D eigenvalue weighted by Gasteiger charge is 2.30. The lowest BCUT2D eigenvalue weighted by Crippen LogP contribution is -2.30. The van der Waals surface area contributed by atoms with Gasteiger partial charge in [0.2, 0.25) is 0 Å². The molecule has 0 bridgehead atoms. The third-order valence-corrected chi connectivity index (χ3v) is 18.5. The number of allylic oxidation sites excluding steroid dienone is 22. The van der Waals surface area contributed by atoms with E-state index in [0.29, 0.717) is 32.1 Å². The number of phosphoric acid groups is 2. The number of phosphoric ester groups is 2. The van der Waals surface area contributed by atoms with Crippen LogP contribution in [0, 0.1) is 0 Å². The summed E-state index contributed by atoms with van der Waals surface area (Å²) in [7, 11) is -9.99. The summed E-state index contributed by atoms with van der Waals surface area (Å²) in [5.41, 5.74) is 0. The molecule has 0 rings (SSSR count). The van der Waals surface area contributed by atoms with Crippen LogP contribution in [0.4, 0.5) is 0 Å². The standard InChI is InChI=1S/C85H144O17P2/c1-5-9-13-17-21-25-29-33-35-37-39-41-43-47-50-54-58-62-66-70-83(88)96-76-81(102-85(90)72-68-64-60-56-52-48-44-42-40-38-36-34-30-26-22-18-14-10-6-2)78-100-104(93,94)98-74-79(86)73-97-103(91,92)99-77-80(101-84(89)71-67-63-59-55-51-46-32-28-24-20-16-12-8-4)75-95-82(87)69-65-61-57-53-49-45-31-27-23-19-15-11-7-3/h9,13,21-22,25-28,31-36,39-42,47,50,58,62,79-81,86H,5-8,10-12,14-20,23-24,29-30,37-38,43-46,48-49,51-57,59-61,63-78H2,1-4H3,(H,91,92)(H,93,94)/b13-9-,25-21-,26-22-,31-27-,32-28-,35-33-,36-34-,41-39-,42-40-,50-47-,62-58-. The van der Waals surface area contributed by atoms with Gasteiger partial charge in [-0.25, -0.2) is 9.13 Å². The highest BCUT2D eigenvalue weighted by Crippen LogP contribution is 2.45. The molecule has 0 saturated carbocycles. The van der Waals surface area contributed by atoms with Crippen molar-refractivity contribution in [1.29, 1.82) is 0 Å². The number of aliphatic hydroxyl groups is 1. The predicted octanol–water partition coefficient (Wildman–Crippen LogP) is 23.7. The van der Waals surface area contributed by atoms with Crippen molar-refractivity contribution in [3.8, 4) is 0 Å². The number of hydrogen-bond donors (Lipinski definition) is 3. The van der Waals surface area contributed by atoms with Gasteiger partial charge in [-0.05, 0) is 154 Å². The number of ether oxygens (including phenoxy) is 4. The molecule has 0 aromatic heterocycles. The van der Waals surface area contributed by atoms with Crippen molar-refractivity contribution in [3.63, 3.8) is 0 Å². The zero-order valence-electron chi connectivity index (χ0n) is 65.2. The molecule has 0 aromatic rings. The van der Waals surface area contributed by atoms with Gasteiger partial charge in [0.1, 0.15) is 19.3 Å². The van der Waals surface area contributed by atoms with E-state index in [4.69, 9.17) is 37.0 Å². The highest BCUT2D eigenvalue weighted by molar-refractivity contribution is 7.47. The Kier molecular flexibility index (Phi) is 72.9. The van der Waals surface area contributed by atoms with Gasteiger partial charge in [-0.15, -0.1) is 0 Å². The molecule has 19 heteroatoms. The highest BCUT2D eigenvalue weighted by atomic mass is 31.2.